The van der Waals surface area contributed by atoms with Crippen LogP contribution in [0.15, 0.2) is 24.3 Å². The van der Waals surface area contributed by atoms with Crippen molar-refractivity contribution in [3.05, 3.63) is 35.4 Å². The molecule has 23 nitrogen and oxygen atoms in total. The summed E-state index contributed by atoms with van der Waals surface area (Å²) in [4.78, 5) is 148. The van der Waals surface area contributed by atoms with Gasteiger partial charge in [0.25, 0.3) is 0 Å². The van der Waals surface area contributed by atoms with Gasteiger partial charge in [0.15, 0.2) is 0 Å². The Morgan fingerprint density at radius 3 is 1.94 bits per heavy atom. The van der Waals surface area contributed by atoms with Crippen LogP contribution < -0.4 is 60.2 Å². The van der Waals surface area contributed by atoms with Crippen molar-refractivity contribution >= 4 is 86.6 Å². The molecule has 1 aromatic rings. The first-order valence-corrected chi connectivity index (χ1v) is 25.9. The molecule has 388 valence electrons. The minimum absolute atomic E-state index is 0.00972. The van der Waals surface area contributed by atoms with Gasteiger partial charge in [-0.3, -0.25) is 52.7 Å². The summed E-state index contributed by atoms with van der Waals surface area (Å²) in [5.41, 5.74) is 24.2. The molecule has 0 bridgehead atoms. The predicted molar refractivity (Wildman–Crippen MR) is 262 cm³/mol. The van der Waals surface area contributed by atoms with E-state index in [1.165, 1.54) is 4.90 Å². The van der Waals surface area contributed by atoms with E-state index in [0.717, 1.165) is 33.6 Å². The Labute approximate surface area is 415 Å². The van der Waals surface area contributed by atoms with Gasteiger partial charge in [-0.15, -0.1) is 0 Å². The van der Waals surface area contributed by atoms with E-state index in [2.05, 4.69) is 37.2 Å². The molecular weight excluding hydrogens is 949 g/mol. The zero-order valence-corrected chi connectivity index (χ0v) is 42.0. The van der Waals surface area contributed by atoms with Crippen molar-refractivity contribution in [1.82, 2.24) is 42.1 Å². The van der Waals surface area contributed by atoms with Crippen LogP contribution in [0.25, 0.3) is 0 Å². The van der Waals surface area contributed by atoms with Crippen LogP contribution in [0.1, 0.15) is 90.7 Å². The molecule has 0 unspecified atom stereocenters. The van der Waals surface area contributed by atoms with Crippen LogP contribution in [0.3, 0.4) is 0 Å². The van der Waals surface area contributed by atoms with Gasteiger partial charge in [-0.2, -0.15) is 0 Å². The summed E-state index contributed by atoms with van der Waals surface area (Å²) in [5, 5.41) is 18.1. The number of nitrogens with zero attached hydrogens (tertiary/aromatic N) is 1. The SMILES string of the molecule is CCc1ccc(C[C@H]2NC(=O)[C@@H](N)CSSC[C@@H](C(=O)N3CCC[C@H]3C(=O)N[C@@H](CC(C)C)C(=O)NCC(N)=O)NC(=O)[C@H](CC(N)=O)NC(=O)[C@H](CCC(N)=O)NC(=O)[C@H]([C@@H](C)CC)NC2=O)cc1. The van der Waals surface area contributed by atoms with Gasteiger partial charge in [0, 0.05) is 30.9 Å². The second-order valence-electron chi connectivity index (χ2n) is 17.9. The Balaban J connectivity index is 2.06. The van der Waals surface area contributed by atoms with Crippen LogP contribution >= 0.6 is 21.6 Å². The fraction of sp³-hybridized carbons (Fsp3) is 0.622. The van der Waals surface area contributed by atoms with E-state index in [1.54, 1.807) is 13.8 Å². The molecule has 70 heavy (non-hydrogen) atoms. The van der Waals surface area contributed by atoms with Gasteiger partial charge in [-0.25, -0.2) is 0 Å². The molecule has 15 N–H and O–H groups in total. The lowest BCUT2D eigenvalue weighted by molar-refractivity contribution is -0.142. The van der Waals surface area contributed by atoms with Gasteiger partial charge >= 0.3 is 0 Å². The largest absolute Gasteiger partial charge is 0.370 e. The van der Waals surface area contributed by atoms with Gasteiger partial charge in [0.05, 0.1) is 19.0 Å². The highest BCUT2D eigenvalue weighted by atomic mass is 33.1. The third-order valence-corrected chi connectivity index (χ3v) is 14.2. The Morgan fingerprint density at radius 1 is 0.743 bits per heavy atom. The lowest BCUT2D eigenvalue weighted by atomic mass is 9.96. The zero-order chi connectivity index (χ0) is 52.2. The molecular formula is C45H70N12O11S2. The van der Waals surface area contributed by atoms with Crippen molar-refractivity contribution in [1.29, 1.82) is 0 Å². The second kappa shape index (κ2) is 28.6. The Hall–Kier alpha value is -5.95. The lowest BCUT2D eigenvalue weighted by Gasteiger charge is -2.31. The second-order valence-corrected chi connectivity index (χ2v) is 20.5. The van der Waals surface area contributed by atoms with Crippen molar-refractivity contribution in [2.75, 3.05) is 24.6 Å². The van der Waals surface area contributed by atoms with Crippen molar-refractivity contribution in [3.8, 4) is 0 Å². The van der Waals surface area contributed by atoms with Crippen LogP contribution in [0.5, 0.6) is 0 Å². The third kappa shape index (κ3) is 18.8. The maximum Gasteiger partial charge on any atom is 0.246 e. The fourth-order valence-corrected chi connectivity index (χ4v) is 9.90. The van der Waals surface area contributed by atoms with Gasteiger partial charge < -0.3 is 65.1 Å². The minimum Gasteiger partial charge on any atom is -0.370 e. The maximum atomic E-state index is 14.5. The number of nitrogens with two attached hydrogens (primary N) is 4. The number of aryl methyl sites for hydroxylation is 1. The van der Waals surface area contributed by atoms with Crippen LogP contribution in [-0.2, 0) is 65.6 Å². The summed E-state index contributed by atoms with van der Waals surface area (Å²) in [6.45, 7) is 8.68. The van der Waals surface area contributed by atoms with Crippen molar-refractivity contribution in [2.45, 2.75) is 141 Å². The van der Waals surface area contributed by atoms with Crippen molar-refractivity contribution in [2.24, 2.45) is 34.8 Å². The number of nitrogens with one attached hydrogen (secondary N) is 7. The van der Waals surface area contributed by atoms with Crippen LogP contribution in [0, 0.1) is 11.8 Å². The highest BCUT2D eigenvalue weighted by molar-refractivity contribution is 8.76. The molecule has 9 atom stereocenters. The highest BCUT2D eigenvalue weighted by Gasteiger charge is 2.41. The summed E-state index contributed by atoms with van der Waals surface area (Å²) in [6.07, 6.45) is 0.298. The fourth-order valence-electron chi connectivity index (χ4n) is 7.62. The summed E-state index contributed by atoms with van der Waals surface area (Å²) in [7, 11) is 2.10. The summed E-state index contributed by atoms with van der Waals surface area (Å²) in [6, 6.07) is -3.25. The zero-order valence-electron chi connectivity index (χ0n) is 40.3. The molecule has 2 aliphatic rings. The Morgan fingerprint density at radius 2 is 1.34 bits per heavy atom. The average Bonchev–Trinajstić information content (AvgIpc) is 3.80. The standard InChI is InChI=1S/C45H70N12O11S2/c1-6-24(5)37-44(67)51-28(14-15-34(47)58)40(63)53-31(19-35(48)59)41(64)55-32(45(68)57-16-8-9-33(57)43(66)54-29(17-23(3)4)39(62)50-20-36(49)60)22-70-69-21-27(46)38(61)52-30(42(65)56-37)18-26-12-10-25(7-2)11-13-26/h10-13,23-24,27-33,37H,6-9,14-22,46H2,1-5H3,(H2,47,58)(H2,48,59)(H2,49,60)(H,50,62)(H,51,67)(H,52,61)(H,53,63)(H,54,66)(H,55,64)(H,56,65)/t24-,27-,28-,29-,30+,31-,32-,33-,37-/m0/s1. The molecule has 0 radical (unpaired) electrons. The number of likely N-dealkylation sites (tertiary alicyclic amines) is 1. The smallest absolute Gasteiger partial charge is 0.246 e. The number of benzene rings is 1. The van der Waals surface area contributed by atoms with Crippen molar-refractivity contribution < 1.29 is 52.7 Å². The number of primary amides is 3. The predicted octanol–water partition coefficient (Wildman–Crippen LogP) is -2.75. The third-order valence-electron chi connectivity index (χ3n) is 11.8. The van der Waals surface area contributed by atoms with Crippen molar-refractivity contribution in [3.63, 3.8) is 0 Å². The highest BCUT2D eigenvalue weighted by Crippen LogP contribution is 2.26. The molecule has 25 heteroatoms. The van der Waals surface area contributed by atoms with E-state index < -0.39 is 139 Å². The maximum absolute atomic E-state index is 14.5. The molecule has 1 aromatic carbocycles. The molecule has 3 rings (SSSR count). The van der Waals surface area contributed by atoms with Crippen LogP contribution in [0.2, 0.25) is 0 Å². The van der Waals surface area contributed by atoms with E-state index in [1.807, 2.05) is 45.0 Å². The molecule has 0 spiro atoms. The Kier molecular flexibility index (Phi) is 23.9. The molecule has 0 aliphatic carbocycles. The van der Waals surface area contributed by atoms with Gasteiger partial charge in [0.1, 0.15) is 42.3 Å². The first-order chi connectivity index (χ1) is 33.0. The number of carbonyl (C=O) groups is 11. The molecule has 0 saturated carbocycles. The van der Waals surface area contributed by atoms with Crippen LogP contribution in [-0.4, -0.2) is 143 Å². The molecule has 2 aliphatic heterocycles. The summed E-state index contributed by atoms with van der Waals surface area (Å²) < 4.78 is 0. The first-order valence-electron chi connectivity index (χ1n) is 23.4. The average molecular weight is 1020 g/mol. The van der Waals surface area contributed by atoms with E-state index in [0.29, 0.717) is 18.4 Å². The summed E-state index contributed by atoms with van der Waals surface area (Å²) >= 11 is 0. The molecule has 2 heterocycles. The lowest BCUT2D eigenvalue weighted by Crippen LogP contribution is -2.61. The molecule has 0 aromatic heterocycles. The number of carbonyl (C=O) groups excluding carboxylic acids is 11. The summed E-state index contributed by atoms with van der Waals surface area (Å²) in [5.74, 6) is -9.99. The first kappa shape index (κ1) is 58.4. The number of rotatable bonds is 18. The number of hydrogen-bond donors (Lipinski definition) is 11. The van der Waals surface area contributed by atoms with E-state index in [-0.39, 0.29) is 49.7 Å². The monoisotopic (exact) mass is 1020 g/mol. The normalized spacial score (nSPS) is 24.1. The number of amides is 11. The molecule has 11 amide bonds. The molecule has 2 saturated heterocycles. The van der Waals surface area contributed by atoms with E-state index in [9.17, 15) is 52.7 Å². The van der Waals surface area contributed by atoms with Gasteiger partial charge in [0.2, 0.25) is 65.0 Å². The Bertz CT molecular complexity index is 2060. The van der Waals surface area contributed by atoms with Gasteiger partial charge in [-0.05, 0) is 55.1 Å². The minimum atomic E-state index is -1.74. The topological polar surface area (TPSA) is 379 Å². The van der Waals surface area contributed by atoms with Gasteiger partial charge in [-0.1, -0.05) is 86.9 Å². The quantitative estimate of drug-likeness (QED) is 0.0665. The van der Waals surface area contributed by atoms with Crippen LogP contribution in [0.4, 0.5) is 0 Å². The van der Waals surface area contributed by atoms with E-state index >= 15 is 0 Å². The number of hydrogen-bond acceptors (Lipinski definition) is 14. The van der Waals surface area contributed by atoms with E-state index in [4.69, 9.17) is 22.9 Å². The molecule has 2 fully saturated rings.